The normalized spacial score (nSPS) is 11.0. The van der Waals surface area contributed by atoms with Crippen LogP contribution in [0, 0.1) is 0 Å². The van der Waals surface area contributed by atoms with E-state index in [-0.39, 0.29) is 0 Å². The molecule has 6 heteroatoms. The van der Waals surface area contributed by atoms with Crippen molar-refractivity contribution in [1.29, 1.82) is 0 Å². The van der Waals surface area contributed by atoms with Gasteiger partial charge in [0.2, 0.25) is 0 Å². The molecule has 0 saturated heterocycles. The summed E-state index contributed by atoms with van der Waals surface area (Å²) in [5, 5.41) is 0.691. The molecule has 0 aliphatic rings. The number of hydrogen-bond donors (Lipinski definition) is 1. The SMILES string of the molecule is Cn1c(-c2ccc(Cl)cc2)nc2c(N)ncnc21. The maximum Gasteiger partial charge on any atom is 0.165 e. The van der Waals surface area contributed by atoms with Gasteiger partial charge in [0.15, 0.2) is 17.0 Å². The summed E-state index contributed by atoms with van der Waals surface area (Å²) in [6, 6.07) is 7.47. The highest BCUT2D eigenvalue weighted by Crippen LogP contribution is 2.25. The predicted octanol–water partition coefficient (Wildman–Crippen LogP) is 2.27. The van der Waals surface area contributed by atoms with E-state index in [4.69, 9.17) is 17.3 Å². The molecule has 18 heavy (non-hydrogen) atoms. The third-order valence-electron chi connectivity index (χ3n) is 2.79. The van der Waals surface area contributed by atoms with Gasteiger partial charge < -0.3 is 10.3 Å². The number of aromatic nitrogens is 4. The van der Waals surface area contributed by atoms with Crippen LogP contribution in [0.2, 0.25) is 5.02 Å². The Balaban J connectivity index is 2.27. The van der Waals surface area contributed by atoms with Crippen molar-refractivity contribution in [2.24, 2.45) is 7.05 Å². The summed E-state index contributed by atoms with van der Waals surface area (Å²) in [4.78, 5) is 12.6. The molecule has 2 aromatic heterocycles. The number of halogens is 1. The minimum absolute atomic E-state index is 0.385. The average molecular weight is 260 g/mol. The number of anilines is 1. The molecule has 0 unspecified atom stereocenters. The van der Waals surface area contributed by atoms with Crippen molar-refractivity contribution in [2.75, 3.05) is 5.73 Å². The molecule has 0 atom stereocenters. The molecule has 0 aliphatic carbocycles. The molecule has 0 fully saturated rings. The number of fused-ring (bicyclic) bond motifs is 1. The van der Waals surface area contributed by atoms with E-state index in [9.17, 15) is 0 Å². The number of nitrogens with zero attached hydrogens (tertiary/aromatic N) is 4. The van der Waals surface area contributed by atoms with Crippen molar-refractivity contribution < 1.29 is 0 Å². The number of aryl methyl sites for hydroxylation is 1. The van der Waals surface area contributed by atoms with E-state index in [1.807, 2.05) is 35.9 Å². The lowest BCUT2D eigenvalue weighted by Gasteiger charge is -2.01. The van der Waals surface area contributed by atoms with Gasteiger partial charge in [-0.3, -0.25) is 0 Å². The monoisotopic (exact) mass is 259 g/mol. The van der Waals surface area contributed by atoms with Crippen molar-refractivity contribution in [3.63, 3.8) is 0 Å². The number of imidazole rings is 1. The number of rotatable bonds is 1. The quantitative estimate of drug-likeness (QED) is 0.728. The largest absolute Gasteiger partial charge is 0.382 e. The van der Waals surface area contributed by atoms with E-state index in [2.05, 4.69) is 15.0 Å². The zero-order valence-electron chi connectivity index (χ0n) is 9.63. The summed E-state index contributed by atoms with van der Waals surface area (Å²) in [7, 11) is 1.89. The summed E-state index contributed by atoms with van der Waals surface area (Å²) in [6.07, 6.45) is 1.44. The third kappa shape index (κ3) is 1.60. The first-order chi connectivity index (χ1) is 8.66. The lowest BCUT2D eigenvalue weighted by Crippen LogP contribution is -1.95. The van der Waals surface area contributed by atoms with Gasteiger partial charge in [-0.1, -0.05) is 11.6 Å². The Hall–Kier alpha value is -2.14. The molecule has 0 amide bonds. The molecule has 5 nitrogen and oxygen atoms in total. The van der Waals surface area contributed by atoms with Crippen LogP contribution in [0.1, 0.15) is 0 Å². The van der Waals surface area contributed by atoms with Crippen LogP contribution >= 0.6 is 11.6 Å². The van der Waals surface area contributed by atoms with Gasteiger partial charge in [0.1, 0.15) is 12.2 Å². The first kappa shape index (κ1) is 11.0. The Bertz CT molecular complexity index is 717. The Morgan fingerprint density at radius 3 is 2.56 bits per heavy atom. The van der Waals surface area contributed by atoms with Gasteiger partial charge in [-0.05, 0) is 24.3 Å². The van der Waals surface area contributed by atoms with Crippen LogP contribution in [0.3, 0.4) is 0 Å². The van der Waals surface area contributed by atoms with Crippen molar-refractivity contribution in [2.45, 2.75) is 0 Å². The second kappa shape index (κ2) is 3.96. The van der Waals surface area contributed by atoms with Gasteiger partial charge in [0.25, 0.3) is 0 Å². The highest BCUT2D eigenvalue weighted by Gasteiger charge is 2.13. The lowest BCUT2D eigenvalue weighted by atomic mass is 10.2. The van der Waals surface area contributed by atoms with E-state index < -0.39 is 0 Å². The van der Waals surface area contributed by atoms with E-state index in [0.717, 1.165) is 11.4 Å². The van der Waals surface area contributed by atoms with Crippen LogP contribution in [0.4, 0.5) is 5.82 Å². The van der Waals surface area contributed by atoms with Gasteiger partial charge in [0, 0.05) is 17.6 Å². The van der Waals surface area contributed by atoms with Gasteiger partial charge in [-0.25, -0.2) is 15.0 Å². The maximum atomic E-state index is 5.87. The highest BCUT2D eigenvalue weighted by molar-refractivity contribution is 6.30. The fraction of sp³-hybridized carbons (Fsp3) is 0.0833. The molecule has 3 rings (SSSR count). The van der Waals surface area contributed by atoms with Crippen molar-refractivity contribution in [3.05, 3.63) is 35.6 Å². The highest BCUT2D eigenvalue weighted by atomic mass is 35.5. The summed E-state index contributed by atoms with van der Waals surface area (Å²) < 4.78 is 1.89. The minimum atomic E-state index is 0.385. The molecule has 0 bridgehead atoms. The fourth-order valence-corrected chi connectivity index (χ4v) is 2.00. The lowest BCUT2D eigenvalue weighted by molar-refractivity contribution is 0.939. The predicted molar refractivity (Wildman–Crippen MR) is 71.2 cm³/mol. The first-order valence-corrected chi connectivity index (χ1v) is 5.73. The molecular weight excluding hydrogens is 250 g/mol. The zero-order chi connectivity index (χ0) is 12.7. The number of hydrogen-bond acceptors (Lipinski definition) is 4. The molecule has 2 heterocycles. The van der Waals surface area contributed by atoms with Crippen LogP contribution in [-0.4, -0.2) is 19.5 Å². The van der Waals surface area contributed by atoms with E-state index in [0.29, 0.717) is 22.0 Å². The fourth-order valence-electron chi connectivity index (χ4n) is 1.87. The van der Waals surface area contributed by atoms with E-state index in [1.54, 1.807) is 0 Å². The second-order valence-corrected chi connectivity index (χ2v) is 4.37. The summed E-state index contributed by atoms with van der Waals surface area (Å²) in [5.41, 5.74) is 8.08. The zero-order valence-corrected chi connectivity index (χ0v) is 10.4. The number of nitrogen functional groups attached to an aromatic ring is 1. The first-order valence-electron chi connectivity index (χ1n) is 5.35. The van der Waals surface area contributed by atoms with E-state index >= 15 is 0 Å². The molecule has 3 aromatic rings. The van der Waals surface area contributed by atoms with Crippen LogP contribution < -0.4 is 5.73 Å². The van der Waals surface area contributed by atoms with Crippen LogP contribution in [0.25, 0.3) is 22.6 Å². The van der Waals surface area contributed by atoms with Crippen LogP contribution in [-0.2, 0) is 7.05 Å². The molecule has 0 saturated carbocycles. The molecule has 90 valence electrons. The molecular formula is C12H10ClN5. The smallest absolute Gasteiger partial charge is 0.165 e. The number of benzene rings is 1. The molecule has 0 spiro atoms. The van der Waals surface area contributed by atoms with Crippen molar-refractivity contribution in [1.82, 2.24) is 19.5 Å². The second-order valence-electron chi connectivity index (χ2n) is 3.93. The van der Waals surface area contributed by atoms with Gasteiger partial charge in [-0.2, -0.15) is 0 Å². The Morgan fingerprint density at radius 2 is 1.89 bits per heavy atom. The molecule has 0 aliphatic heterocycles. The van der Waals surface area contributed by atoms with Gasteiger partial charge >= 0.3 is 0 Å². The Kier molecular flexibility index (Phi) is 2.41. The summed E-state index contributed by atoms with van der Waals surface area (Å²) in [5.74, 6) is 1.17. The van der Waals surface area contributed by atoms with Crippen LogP contribution in [0.15, 0.2) is 30.6 Å². The van der Waals surface area contributed by atoms with Crippen molar-refractivity contribution in [3.8, 4) is 11.4 Å². The van der Waals surface area contributed by atoms with Gasteiger partial charge in [0.05, 0.1) is 0 Å². The molecule has 0 radical (unpaired) electrons. The van der Waals surface area contributed by atoms with Crippen molar-refractivity contribution >= 4 is 28.6 Å². The molecule has 1 aromatic carbocycles. The maximum absolute atomic E-state index is 5.87. The third-order valence-corrected chi connectivity index (χ3v) is 3.04. The van der Waals surface area contributed by atoms with Crippen LogP contribution in [0.5, 0.6) is 0 Å². The van der Waals surface area contributed by atoms with Gasteiger partial charge in [-0.15, -0.1) is 0 Å². The Labute approximate surface area is 108 Å². The summed E-state index contributed by atoms with van der Waals surface area (Å²) in [6.45, 7) is 0. The average Bonchev–Trinajstić information content (AvgIpc) is 2.70. The topological polar surface area (TPSA) is 69.6 Å². The standard InChI is InChI=1S/C12H10ClN5/c1-18-11(7-2-4-8(13)5-3-7)17-9-10(14)15-6-16-12(9)18/h2-6H,1H3,(H2,14,15,16). The molecule has 2 N–H and O–H groups in total. The Morgan fingerprint density at radius 1 is 1.17 bits per heavy atom. The summed E-state index contributed by atoms with van der Waals surface area (Å²) >= 11 is 5.87. The van der Waals surface area contributed by atoms with E-state index in [1.165, 1.54) is 6.33 Å². The number of nitrogens with two attached hydrogens (primary N) is 1. The minimum Gasteiger partial charge on any atom is -0.382 e.